The van der Waals surface area contributed by atoms with Crippen LogP contribution in [-0.4, -0.2) is 14.9 Å². The van der Waals surface area contributed by atoms with Crippen molar-refractivity contribution in [2.75, 3.05) is 5.73 Å². The van der Waals surface area contributed by atoms with Gasteiger partial charge in [-0.1, -0.05) is 19.9 Å². The number of phenolic OH excluding ortho intramolecular Hbond substituents is 1. The highest BCUT2D eigenvalue weighted by atomic mass is 16.3. The van der Waals surface area contributed by atoms with Crippen molar-refractivity contribution < 1.29 is 5.11 Å². The minimum absolute atomic E-state index is 0.259. The van der Waals surface area contributed by atoms with Crippen LogP contribution in [0.2, 0.25) is 0 Å². The van der Waals surface area contributed by atoms with Gasteiger partial charge in [0.2, 0.25) is 0 Å². The van der Waals surface area contributed by atoms with Crippen LogP contribution in [0, 0.1) is 0 Å². The number of nitrogens with zero attached hydrogens (tertiary/aromatic N) is 2. The van der Waals surface area contributed by atoms with Crippen molar-refractivity contribution in [1.82, 2.24) is 9.78 Å². The number of aryl methyl sites for hydroxylation is 1. The minimum Gasteiger partial charge on any atom is -0.508 e. The smallest absolute Gasteiger partial charge is 0.129 e. The lowest BCUT2D eigenvalue weighted by Gasteiger charge is -2.09. The summed E-state index contributed by atoms with van der Waals surface area (Å²) in [5.74, 6) is 1.22. The van der Waals surface area contributed by atoms with E-state index >= 15 is 0 Å². The van der Waals surface area contributed by atoms with E-state index in [0.717, 1.165) is 16.7 Å². The van der Waals surface area contributed by atoms with Crippen LogP contribution in [0.15, 0.2) is 24.4 Å². The topological polar surface area (TPSA) is 64.1 Å². The van der Waals surface area contributed by atoms with Gasteiger partial charge in [0.05, 0.1) is 6.20 Å². The molecule has 2 rings (SSSR count). The quantitative estimate of drug-likeness (QED) is 0.834. The van der Waals surface area contributed by atoms with E-state index in [0.29, 0.717) is 11.7 Å². The van der Waals surface area contributed by atoms with Gasteiger partial charge in [-0.15, -0.1) is 0 Å². The van der Waals surface area contributed by atoms with Crippen molar-refractivity contribution in [2.24, 2.45) is 7.05 Å². The van der Waals surface area contributed by atoms with Crippen molar-refractivity contribution in [2.45, 2.75) is 19.8 Å². The predicted octanol–water partition coefficient (Wildman–Crippen LogP) is 2.50. The molecule has 0 bridgehead atoms. The Morgan fingerprint density at radius 2 is 2.00 bits per heavy atom. The molecule has 90 valence electrons. The van der Waals surface area contributed by atoms with E-state index in [4.69, 9.17) is 5.73 Å². The number of benzene rings is 1. The first-order chi connectivity index (χ1) is 7.99. The van der Waals surface area contributed by atoms with E-state index in [2.05, 4.69) is 18.9 Å². The normalized spacial score (nSPS) is 11.1. The highest BCUT2D eigenvalue weighted by molar-refractivity contribution is 5.75. The van der Waals surface area contributed by atoms with Crippen molar-refractivity contribution in [3.63, 3.8) is 0 Å². The van der Waals surface area contributed by atoms with E-state index in [1.807, 2.05) is 6.07 Å². The zero-order valence-electron chi connectivity index (χ0n) is 10.3. The van der Waals surface area contributed by atoms with Gasteiger partial charge in [-0.3, -0.25) is 4.68 Å². The molecule has 0 atom stereocenters. The highest BCUT2D eigenvalue weighted by Gasteiger charge is 2.10. The molecule has 0 aliphatic carbocycles. The molecule has 0 aliphatic heterocycles. The number of rotatable bonds is 2. The maximum Gasteiger partial charge on any atom is 0.129 e. The number of aromatic hydroxyl groups is 1. The maximum atomic E-state index is 9.73. The first-order valence-corrected chi connectivity index (χ1v) is 5.61. The minimum atomic E-state index is 0.259. The molecule has 3 N–H and O–H groups in total. The van der Waals surface area contributed by atoms with Gasteiger partial charge in [0.25, 0.3) is 0 Å². The summed E-state index contributed by atoms with van der Waals surface area (Å²) in [6.45, 7) is 4.18. The molecular weight excluding hydrogens is 214 g/mol. The van der Waals surface area contributed by atoms with E-state index < -0.39 is 0 Å². The van der Waals surface area contributed by atoms with Crippen molar-refractivity contribution in [3.05, 3.63) is 30.0 Å². The fourth-order valence-electron chi connectivity index (χ4n) is 1.79. The average Bonchev–Trinajstić information content (AvgIpc) is 2.59. The van der Waals surface area contributed by atoms with Gasteiger partial charge in [-0.05, 0) is 29.2 Å². The molecule has 0 radical (unpaired) electrons. The number of anilines is 1. The molecular formula is C13H17N3O. The molecule has 0 fully saturated rings. The van der Waals surface area contributed by atoms with Gasteiger partial charge in [0, 0.05) is 12.6 Å². The first-order valence-electron chi connectivity index (χ1n) is 5.61. The molecule has 1 aromatic heterocycles. The fourth-order valence-corrected chi connectivity index (χ4v) is 1.79. The van der Waals surface area contributed by atoms with Crippen LogP contribution in [-0.2, 0) is 7.05 Å². The Morgan fingerprint density at radius 1 is 1.29 bits per heavy atom. The van der Waals surface area contributed by atoms with Crippen LogP contribution in [0.3, 0.4) is 0 Å². The Morgan fingerprint density at radius 3 is 2.53 bits per heavy atom. The van der Waals surface area contributed by atoms with Gasteiger partial charge in [0.1, 0.15) is 11.6 Å². The summed E-state index contributed by atoms with van der Waals surface area (Å²) in [4.78, 5) is 0. The Hall–Kier alpha value is -1.97. The number of aromatic nitrogens is 2. The lowest BCUT2D eigenvalue weighted by atomic mass is 9.98. The lowest BCUT2D eigenvalue weighted by molar-refractivity contribution is 0.474. The van der Waals surface area contributed by atoms with Crippen LogP contribution in [0.5, 0.6) is 5.75 Å². The molecule has 1 heterocycles. The zero-order chi connectivity index (χ0) is 12.6. The second-order valence-electron chi connectivity index (χ2n) is 4.54. The van der Waals surface area contributed by atoms with Gasteiger partial charge in [-0.25, -0.2) is 0 Å². The van der Waals surface area contributed by atoms with Gasteiger partial charge in [0.15, 0.2) is 0 Å². The molecule has 0 saturated carbocycles. The molecule has 0 saturated heterocycles. The molecule has 1 aromatic carbocycles. The predicted molar refractivity (Wildman–Crippen MR) is 68.8 cm³/mol. The third-order valence-corrected chi connectivity index (χ3v) is 2.90. The summed E-state index contributed by atoms with van der Waals surface area (Å²) >= 11 is 0. The highest BCUT2D eigenvalue weighted by Crippen LogP contribution is 2.31. The summed E-state index contributed by atoms with van der Waals surface area (Å²) in [6, 6.07) is 5.53. The van der Waals surface area contributed by atoms with Crippen LogP contribution in [0.1, 0.15) is 25.3 Å². The second-order valence-corrected chi connectivity index (χ2v) is 4.54. The first kappa shape index (κ1) is 11.5. The maximum absolute atomic E-state index is 9.73. The zero-order valence-corrected chi connectivity index (χ0v) is 10.3. The molecule has 0 amide bonds. The second kappa shape index (κ2) is 4.13. The van der Waals surface area contributed by atoms with Gasteiger partial charge < -0.3 is 10.8 Å². The fraction of sp³-hybridized carbons (Fsp3) is 0.308. The molecule has 0 spiro atoms. The standard InChI is InChI=1S/C13H17N3O/c1-8(2)9-4-10(6-11(17)5-9)12-7-15-16(3)13(12)14/h4-8,17H,14H2,1-3H3. The largest absolute Gasteiger partial charge is 0.508 e. The van der Waals surface area contributed by atoms with Crippen LogP contribution in [0.4, 0.5) is 5.82 Å². The van der Waals surface area contributed by atoms with Gasteiger partial charge >= 0.3 is 0 Å². The molecule has 0 unspecified atom stereocenters. The Bertz CT molecular complexity index is 544. The molecule has 4 heteroatoms. The lowest BCUT2D eigenvalue weighted by Crippen LogP contribution is -1.98. The summed E-state index contributed by atoms with van der Waals surface area (Å²) in [5.41, 5.74) is 8.77. The van der Waals surface area contributed by atoms with Crippen LogP contribution >= 0.6 is 0 Å². The van der Waals surface area contributed by atoms with E-state index in [1.54, 1.807) is 30.1 Å². The molecule has 17 heavy (non-hydrogen) atoms. The van der Waals surface area contributed by atoms with Crippen molar-refractivity contribution in [3.8, 4) is 16.9 Å². The van der Waals surface area contributed by atoms with E-state index in [-0.39, 0.29) is 5.75 Å². The number of hydrogen-bond donors (Lipinski definition) is 2. The Labute approximate surface area is 101 Å². The van der Waals surface area contributed by atoms with Gasteiger partial charge in [-0.2, -0.15) is 5.10 Å². The van der Waals surface area contributed by atoms with Crippen molar-refractivity contribution >= 4 is 5.82 Å². The van der Waals surface area contributed by atoms with Crippen LogP contribution < -0.4 is 5.73 Å². The Balaban J connectivity index is 2.56. The SMILES string of the molecule is CC(C)c1cc(O)cc(-c2cnn(C)c2N)c1. The summed E-state index contributed by atoms with van der Waals surface area (Å²) in [7, 11) is 1.80. The summed E-state index contributed by atoms with van der Waals surface area (Å²) in [6.07, 6.45) is 1.72. The monoisotopic (exact) mass is 231 g/mol. The third kappa shape index (κ3) is 2.11. The number of phenols is 1. The van der Waals surface area contributed by atoms with Crippen LogP contribution in [0.25, 0.3) is 11.1 Å². The number of nitrogen functional groups attached to an aromatic ring is 1. The van der Waals surface area contributed by atoms with E-state index in [9.17, 15) is 5.11 Å². The summed E-state index contributed by atoms with van der Waals surface area (Å²) < 4.78 is 1.62. The van der Waals surface area contributed by atoms with Crippen molar-refractivity contribution in [1.29, 1.82) is 0 Å². The Kier molecular flexibility index (Phi) is 2.79. The third-order valence-electron chi connectivity index (χ3n) is 2.90. The number of nitrogens with two attached hydrogens (primary N) is 1. The molecule has 4 nitrogen and oxygen atoms in total. The average molecular weight is 231 g/mol. The molecule has 2 aromatic rings. The van der Waals surface area contributed by atoms with E-state index in [1.165, 1.54) is 0 Å². The molecule has 0 aliphatic rings. The number of hydrogen-bond acceptors (Lipinski definition) is 3. The summed E-state index contributed by atoms with van der Waals surface area (Å²) in [5, 5.41) is 13.8.